The van der Waals surface area contributed by atoms with E-state index in [1.54, 1.807) is 36.4 Å². The molecule has 3 aliphatic rings. The molecule has 2 N–H and O–H groups in total. The van der Waals surface area contributed by atoms with E-state index in [2.05, 4.69) is 18.5 Å². The van der Waals surface area contributed by atoms with Crippen LogP contribution >= 0.6 is 11.6 Å². The van der Waals surface area contributed by atoms with Gasteiger partial charge in [-0.25, -0.2) is 0 Å². The SMILES string of the molecule is C=CCCC(=O)OC[C@H](NC(=O)[C@@H]1[C@H]2C(=O)N(CCO)[C@H](C(=O)N(CC=C)c3ccccc3Cl)[C@]23CC[C@H]1O3)c1ccccc1. The largest absolute Gasteiger partial charge is 0.463 e. The number of likely N-dealkylation sites (tertiary alicyclic amines) is 1. The normalized spacial score (nSPS) is 25.4. The number of esters is 1. The molecule has 3 saturated heterocycles. The van der Waals surface area contributed by atoms with Crippen molar-refractivity contribution in [2.24, 2.45) is 11.8 Å². The fraction of sp³-hybridized carbons (Fsp3) is 0.412. The lowest BCUT2D eigenvalue weighted by molar-refractivity contribution is -0.146. The standard InChI is InChI=1S/C34H38ClN3O7/c1-3-5-15-27(40)44-21-24(22-11-7-6-8-12-22)36-31(41)28-26-16-17-34(45-26)29(28)32(42)38(19-20-39)30(34)33(43)37(18-4-2)25-14-10-9-13-23(25)35/h3-4,6-14,24,26,28-30,39H,1-2,5,15-21H2,(H,36,41)/t24-,26+,28-,29-,30+,34-/m0/s1. The van der Waals surface area contributed by atoms with Crippen LogP contribution in [0.4, 0.5) is 5.69 Å². The zero-order valence-corrected chi connectivity index (χ0v) is 25.7. The van der Waals surface area contributed by atoms with Crippen molar-refractivity contribution < 1.29 is 33.8 Å². The van der Waals surface area contributed by atoms with E-state index in [1.807, 2.05) is 30.3 Å². The summed E-state index contributed by atoms with van der Waals surface area (Å²) in [6.07, 6.45) is 4.11. The molecule has 0 saturated carbocycles. The topological polar surface area (TPSA) is 125 Å². The lowest BCUT2D eigenvalue weighted by Crippen LogP contribution is -2.57. The summed E-state index contributed by atoms with van der Waals surface area (Å²) in [5.41, 5.74) is -0.0834. The summed E-state index contributed by atoms with van der Waals surface area (Å²) >= 11 is 6.49. The van der Waals surface area contributed by atoms with E-state index in [1.165, 1.54) is 9.80 Å². The molecule has 45 heavy (non-hydrogen) atoms. The van der Waals surface area contributed by atoms with E-state index in [4.69, 9.17) is 21.1 Å². The monoisotopic (exact) mass is 635 g/mol. The lowest BCUT2D eigenvalue weighted by atomic mass is 9.70. The van der Waals surface area contributed by atoms with Crippen LogP contribution in [0.1, 0.15) is 37.3 Å². The fourth-order valence-electron chi connectivity index (χ4n) is 6.98. The number of hydrogen-bond donors (Lipinski definition) is 2. The van der Waals surface area contributed by atoms with E-state index >= 15 is 0 Å². The number of aliphatic hydroxyl groups excluding tert-OH is 1. The van der Waals surface area contributed by atoms with Crippen LogP contribution in [-0.2, 0) is 28.7 Å². The third-order valence-corrected chi connectivity index (χ3v) is 9.20. The Kier molecular flexibility index (Phi) is 10.1. The maximum atomic E-state index is 14.4. The zero-order valence-electron chi connectivity index (χ0n) is 25.0. The van der Waals surface area contributed by atoms with Crippen LogP contribution in [0.25, 0.3) is 0 Å². The lowest BCUT2D eigenvalue weighted by Gasteiger charge is -2.36. The van der Waals surface area contributed by atoms with Gasteiger partial charge in [0.05, 0.1) is 41.3 Å². The minimum absolute atomic E-state index is 0.0974. The second-order valence-corrected chi connectivity index (χ2v) is 11.9. The Morgan fingerprint density at radius 2 is 1.89 bits per heavy atom. The number of fused-ring (bicyclic) bond motifs is 1. The summed E-state index contributed by atoms with van der Waals surface area (Å²) < 4.78 is 12.0. The van der Waals surface area contributed by atoms with Crippen molar-refractivity contribution in [3.8, 4) is 0 Å². The highest BCUT2D eigenvalue weighted by Crippen LogP contribution is 2.58. The first-order valence-corrected chi connectivity index (χ1v) is 15.5. The molecule has 0 unspecified atom stereocenters. The highest BCUT2D eigenvalue weighted by Gasteiger charge is 2.74. The number of nitrogens with zero attached hydrogens (tertiary/aromatic N) is 2. The number of carbonyl (C=O) groups is 4. The van der Waals surface area contributed by atoms with Gasteiger partial charge in [0.25, 0.3) is 5.91 Å². The van der Waals surface area contributed by atoms with Gasteiger partial charge < -0.3 is 29.7 Å². The average molecular weight is 636 g/mol. The molecule has 3 aliphatic heterocycles. The van der Waals surface area contributed by atoms with Gasteiger partial charge in [0, 0.05) is 19.5 Å². The molecule has 2 bridgehead atoms. The van der Waals surface area contributed by atoms with Gasteiger partial charge in [-0.05, 0) is 37.0 Å². The first-order valence-electron chi connectivity index (χ1n) is 15.1. The molecular formula is C34H38ClN3O7. The number of β-amino-alcohol motifs (C(OH)–C–C–N with tert-alkyl or cyclic N) is 1. The van der Waals surface area contributed by atoms with Crippen molar-refractivity contribution in [1.82, 2.24) is 10.2 Å². The van der Waals surface area contributed by atoms with E-state index in [0.717, 1.165) is 5.56 Å². The smallest absolute Gasteiger partial charge is 0.306 e. The summed E-state index contributed by atoms with van der Waals surface area (Å²) in [5.74, 6) is -3.53. The van der Waals surface area contributed by atoms with Crippen LogP contribution in [0, 0.1) is 11.8 Å². The molecule has 1 spiro atoms. The summed E-state index contributed by atoms with van der Waals surface area (Å²) in [5, 5.41) is 13.3. The predicted molar refractivity (Wildman–Crippen MR) is 168 cm³/mol. The Morgan fingerprint density at radius 1 is 1.16 bits per heavy atom. The Bertz CT molecular complexity index is 1450. The molecule has 0 radical (unpaired) electrons. The van der Waals surface area contributed by atoms with Gasteiger partial charge in [0.15, 0.2) is 0 Å². The molecule has 0 aromatic heterocycles. The summed E-state index contributed by atoms with van der Waals surface area (Å²) in [6.45, 7) is 6.97. The van der Waals surface area contributed by atoms with Gasteiger partial charge in [-0.2, -0.15) is 0 Å². The molecule has 238 valence electrons. The minimum atomic E-state index is -1.27. The van der Waals surface area contributed by atoms with Gasteiger partial charge in [0.2, 0.25) is 11.8 Å². The van der Waals surface area contributed by atoms with Gasteiger partial charge >= 0.3 is 5.97 Å². The van der Waals surface area contributed by atoms with Crippen molar-refractivity contribution in [1.29, 1.82) is 0 Å². The number of para-hydroxylation sites is 1. The van der Waals surface area contributed by atoms with Crippen molar-refractivity contribution in [2.75, 3.05) is 31.2 Å². The maximum Gasteiger partial charge on any atom is 0.306 e. The minimum Gasteiger partial charge on any atom is -0.463 e. The second kappa shape index (κ2) is 14.0. The second-order valence-electron chi connectivity index (χ2n) is 11.5. The molecule has 5 rings (SSSR count). The molecule has 6 atom stereocenters. The number of rotatable bonds is 14. The number of aliphatic hydroxyl groups is 1. The van der Waals surface area contributed by atoms with Crippen molar-refractivity contribution in [3.63, 3.8) is 0 Å². The van der Waals surface area contributed by atoms with Crippen LogP contribution in [0.2, 0.25) is 5.02 Å². The number of halogens is 1. The number of allylic oxidation sites excluding steroid dienone is 1. The summed E-state index contributed by atoms with van der Waals surface area (Å²) in [6, 6.07) is 14.3. The van der Waals surface area contributed by atoms with Crippen molar-refractivity contribution in [3.05, 3.63) is 90.5 Å². The number of benzene rings is 2. The molecule has 0 aliphatic carbocycles. The quantitative estimate of drug-likeness (QED) is 0.240. The fourth-order valence-corrected chi connectivity index (χ4v) is 7.22. The van der Waals surface area contributed by atoms with E-state index in [0.29, 0.717) is 30.0 Å². The third-order valence-electron chi connectivity index (χ3n) is 8.88. The third kappa shape index (κ3) is 6.14. The van der Waals surface area contributed by atoms with Crippen LogP contribution in [0.5, 0.6) is 0 Å². The number of hydrogen-bond acceptors (Lipinski definition) is 7. The molecule has 11 heteroatoms. The van der Waals surface area contributed by atoms with Crippen LogP contribution in [0.15, 0.2) is 79.9 Å². The summed E-state index contributed by atoms with van der Waals surface area (Å²) in [7, 11) is 0. The molecular weight excluding hydrogens is 598 g/mol. The average Bonchev–Trinajstić information content (AvgIpc) is 3.69. The van der Waals surface area contributed by atoms with E-state index < -0.39 is 59.3 Å². The highest BCUT2D eigenvalue weighted by molar-refractivity contribution is 6.34. The van der Waals surface area contributed by atoms with Crippen molar-refractivity contribution in [2.45, 2.75) is 49.5 Å². The van der Waals surface area contributed by atoms with Crippen LogP contribution in [-0.4, -0.2) is 77.7 Å². The predicted octanol–water partition coefficient (Wildman–Crippen LogP) is 3.59. The molecule has 2 aromatic rings. The molecule has 3 fully saturated rings. The molecule has 2 aromatic carbocycles. The zero-order chi connectivity index (χ0) is 32.1. The van der Waals surface area contributed by atoms with E-state index in [9.17, 15) is 24.3 Å². The molecule has 10 nitrogen and oxygen atoms in total. The van der Waals surface area contributed by atoms with Crippen LogP contribution in [0.3, 0.4) is 0 Å². The first kappa shape index (κ1) is 32.4. The number of amides is 3. The first-order chi connectivity index (χ1) is 21.8. The van der Waals surface area contributed by atoms with Crippen LogP contribution < -0.4 is 10.2 Å². The van der Waals surface area contributed by atoms with Crippen molar-refractivity contribution >= 4 is 41.0 Å². The Balaban J connectivity index is 1.44. The van der Waals surface area contributed by atoms with E-state index in [-0.39, 0.29) is 32.7 Å². The van der Waals surface area contributed by atoms with Gasteiger partial charge in [-0.15, -0.1) is 13.2 Å². The van der Waals surface area contributed by atoms with Gasteiger partial charge in [0.1, 0.15) is 18.2 Å². The summed E-state index contributed by atoms with van der Waals surface area (Å²) in [4.78, 5) is 57.7. The Labute approximate surface area is 267 Å². The Morgan fingerprint density at radius 3 is 2.58 bits per heavy atom. The van der Waals surface area contributed by atoms with Gasteiger partial charge in [-0.3, -0.25) is 19.2 Å². The number of carbonyl (C=O) groups excluding carboxylic acids is 4. The number of anilines is 1. The van der Waals surface area contributed by atoms with Gasteiger partial charge in [-0.1, -0.05) is 66.2 Å². The molecule has 3 heterocycles. The maximum absolute atomic E-state index is 14.4. The highest BCUT2D eigenvalue weighted by atomic mass is 35.5. The number of nitrogens with one attached hydrogen (secondary N) is 1. The number of ether oxygens (including phenoxy) is 2. The Hall–Kier alpha value is -3.99. The molecule has 3 amide bonds.